The molecule has 112 valence electrons. The van der Waals surface area contributed by atoms with Crippen molar-refractivity contribution in [2.45, 2.75) is 64.5 Å². The van der Waals surface area contributed by atoms with Gasteiger partial charge in [-0.2, -0.15) is 0 Å². The van der Waals surface area contributed by atoms with E-state index in [1.807, 2.05) is 0 Å². The van der Waals surface area contributed by atoms with Crippen molar-refractivity contribution in [3.05, 3.63) is 0 Å². The molecule has 0 amide bonds. The molecule has 19 heavy (non-hydrogen) atoms. The predicted molar refractivity (Wildman–Crippen MR) is 80.5 cm³/mol. The van der Waals surface area contributed by atoms with Gasteiger partial charge in [0, 0.05) is 25.3 Å². The van der Waals surface area contributed by atoms with Gasteiger partial charge in [0.2, 0.25) is 0 Å². The summed E-state index contributed by atoms with van der Waals surface area (Å²) in [6, 6.07) is 1.43. The van der Waals surface area contributed by atoms with Gasteiger partial charge in [-0.15, -0.1) is 0 Å². The van der Waals surface area contributed by atoms with Crippen molar-refractivity contribution < 1.29 is 4.74 Å². The van der Waals surface area contributed by atoms with Crippen molar-refractivity contribution in [3.63, 3.8) is 0 Å². The van der Waals surface area contributed by atoms with Crippen LogP contribution in [0.1, 0.15) is 52.4 Å². The molecule has 0 bridgehead atoms. The lowest BCUT2D eigenvalue weighted by Crippen LogP contribution is -2.34. The molecule has 0 aromatic heterocycles. The van der Waals surface area contributed by atoms with E-state index >= 15 is 0 Å². The number of hydrogen-bond donors (Lipinski definition) is 1. The highest BCUT2D eigenvalue weighted by Gasteiger charge is 2.21. The molecular formula is C16H32N2O. The molecule has 1 unspecified atom stereocenters. The average molecular weight is 268 g/mol. The minimum atomic E-state index is 0.703. The second kappa shape index (κ2) is 8.23. The monoisotopic (exact) mass is 268 g/mol. The SMILES string of the molecule is CC(C)N1CCCC(NCCCOCC2CC2)CC1. The number of nitrogens with one attached hydrogen (secondary N) is 1. The van der Waals surface area contributed by atoms with E-state index in [0.717, 1.165) is 38.1 Å². The second-order valence-electron chi connectivity index (χ2n) is 6.58. The first-order chi connectivity index (χ1) is 9.25. The summed E-state index contributed by atoms with van der Waals surface area (Å²) in [5.74, 6) is 0.900. The number of rotatable bonds is 8. The van der Waals surface area contributed by atoms with Crippen LogP contribution in [-0.2, 0) is 4.74 Å². The van der Waals surface area contributed by atoms with Crippen molar-refractivity contribution in [3.8, 4) is 0 Å². The van der Waals surface area contributed by atoms with Gasteiger partial charge in [0.25, 0.3) is 0 Å². The smallest absolute Gasteiger partial charge is 0.0494 e. The van der Waals surface area contributed by atoms with Crippen LogP contribution in [0.25, 0.3) is 0 Å². The Bertz CT molecular complexity index is 241. The summed E-state index contributed by atoms with van der Waals surface area (Å²) in [5.41, 5.74) is 0. The topological polar surface area (TPSA) is 24.5 Å². The number of hydrogen-bond acceptors (Lipinski definition) is 3. The Morgan fingerprint density at radius 3 is 2.74 bits per heavy atom. The van der Waals surface area contributed by atoms with Gasteiger partial charge in [-0.3, -0.25) is 0 Å². The van der Waals surface area contributed by atoms with Crippen LogP contribution in [0.5, 0.6) is 0 Å². The third kappa shape index (κ3) is 6.24. The zero-order chi connectivity index (χ0) is 13.5. The van der Waals surface area contributed by atoms with Crippen LogP contribution >= 0.6 is 0 Å². The molecule has 2 fully saturated rings. The normalized spacial score (nSPS) is 25.7. The molecule has 1 atom stereocenters. The van der Waals surface area contributed by atoms with Crippen molar-refractivity contribution >= 4 is 0 Å². The maximum absolute atomic E-state index is 5.67. The van der Waals surface area contributed by atoms with Crippen LogP contribution in [0, 0.1) is 5.92 Å². The summed E-state index contributed by atoms with van der Waals surface area (Å²) in [5, 5.41) is 3.72. The maximum Gasteiger partial charge on any atom is 0.0494 e. The molecule has 1 aliphatic carbocycles. The highest BCUT2D eigenvalue weighted by Crippen LogP contribution is 2.28. The van der Waals surface area contributed by atoms with E-state index in [-0.39, 0.29) is 0 Å². The predicted octanol–water partition coefficient (Wildman–Crippen LogP) is 2.66. The number of likely N-dealkylation sites (tertiary alicyclic amines) is 1. The molecule has 1 heterocycles. The molecule has 1 aliphatic heterocycles. The fourth-order valence-electron chi connectivity index (χ4n) is 2.85. The molecule has 1 saturated heterocycles. The van der Waals surface area contributed by atoms with Crippen LogP contribution in [0.2, 0.25) is 0 Å². The van der Waals surface area contributed by atoms with Gasteiger partial charge in [0.1, 0.15) is 0 Å². The Balaban J connectivity index is 1.48. The van der Waals surface area contributed by atoms with Crippen LogP contribution in [-0.4, -0.2) is 49.8 Å². The van der Waals surface area contributed by atoms with E-state index < -0.39 is 0 Å². The van der Waals surface area contributed by atoms with E-state index in [4.69, 9.17) is 4.74 Å². The Hall–Kier alpha value is -0.120. The van der Waals surface area contributed by atoms with Gasteiger partial charge in [-0.05, 0) is 77.9 Å². The first kappa shape index (κ1) is 15.3. The highest BCUT2D eigenvalue weighted by atomic mass is 16.5. The van der Waals surface area contributed by atoms with Crippen molar-refractivity contribution in [2.24, 2.45) is 5.92 Å². The molecule has 2 rings (SSSR count). The van der Waals surface area contributed by atoms with Crippen LogP contribution in [0.3, 0.4) is 0 Å². The lowest BCUT2D eigenvalue weighted by atomic mass is 10.1. The molecule has 1 saturated carbocycles. The molecule has 0 spiro atoms. The summed E-state index contributed by atoms with van der Waals surface area (Å²) in [4.78, 5) is 2.61. The first-order valence-corrected chi connectivity index (χ1v) is 8.31. The summed E-state index contributed by atoms with van der Waals surface area (Å²) in [6.45, 7) is 10.2. The number of nitrogens with zero attached hydrogens (tertiary/aromatic N) is 1. The summed E-state index contributed by atoms with van der Waals surface area (Å²) in [6.07, 6.45) is 7.94. The minimum absolute atomic E-state index is 0.703. The van der Waals surface area contributed by atoms with E-state index in [0.29, 0.717) is 6.04 Å². The molecule has 3 nitrogen and oxygen atoms in total. The fraction of sp³-hybridized carbons (Fsp3) is 1.00. The molecule has 0 aromatic carbocycles. The van der Waals surface area contributed by atoms with Crippen molar-refractivity contribution in [1.29, 1.82) is 0 Å². The van der Waals surface area contributed by atoms with Gasteiger partial charge in [0.05, 0.1) is 0 Å². The Kier molecular flexibility index (Phi) is 6.62. The second-order valence-corrected chi connectivity index (χ2v) is 6.58. The Morgan fingerprint density at radius 1 is 1.16 bits per heavy atom. The van der Waals surface area contributed by atoms with E-state index in [2.05, 4.69) is 24.1 Å². The molecule has 0 aromatic rings. The molecule has 3 heteroatoms. The van der Waals surface area contributed by atoms with Crippen molar-refractivity contribution in [2.75, 3.05) is 32.8 Å². The lowest BCUT2D eigenvalue weighted by molar-refractivity contribution is 0.121. The largest absolute Gasteiger partial charge is 0.381 e. The van der Waals surface area contributed by atoms with E-state index in [1.54, 1.807) is 0 Å². The van der Waals surface area contributed by atoms with Crippen LogP contribution < -0.4 is 5.32 Å². The van der Waals surface area contributed by atoms with Crippen molar-refractivity contribution in [1.82, 2.24) is 10.2 Å². The fourth-order valence-corrected chi connectivity index (χ4v) is 2.85. The van der Waals surface area contributed by atoms with Gasteiger partial charge < -0.3 is 15.0 Å². The quantitative estimate of drug-likeness (QED) is 0.685. The summed E-state index contributed by atoms with van der Waals surface area (Å²) in [7, 11) is 0. The Labute approximate surface area is 119 Å². The third-order valence-corrected chi connectivity index (χ3v) is 4.44. The van der Waals surface area contributed by atoms with Gasteiger partial charge in [0.15, 0.2) is 0 Å². The molecule has 2 aliphatic rings. The van der Waals surface area contributed by atoms with E-state index in [9.17, 15) is 0 Å². The summed E-state index contributed by atoms with van der Waals surface area (Å²) >= 11 is 0. The molecule has 0 radical (unpaired) electrons. The third-order valence-electron chi connectivity index (χ3n) is 4.44. The van der Waals surface area contributed by atoms with Gasteiger partial charge in [-0.1, -0.05) is 0 Å². The highest BCUT2D eigenvalue weighted by molar-refractivity contribution is 4.76. The van der Waals surface area contributed by atoms with Gasteiger partial charge >= 0.3 is 0 Å². The Morgan fingerprint density at radius 2 is 2.00 bits per heavy atom. The number of ether oxygens (including phenoxy) is 1. The van der Waals surface area contributed by atoms with Gasteiger partial charge in [-0.25, -0.2) is 0 Å². The maximum atomic E-state index is 5.67. The average Bonchev–Trinajstić information content (AvgIpc) is 3.20. The first-order valence-electron chi connectivity index (χ1n) is 8.31. The zero-order valence-electron chi connectivity index (χ0n) is 12.9. The standard InChI is InChI=1S/C16H32N2O/c1-14(2)18-10-3-5-16(8-11-18)17-9-4-12-19-13-15-6-7-15/h14-17H,3-13H2,1-2H3. The van der Waals surface area contributed by atoms with Crippen LogP contribution in [0.4, 0.5) is 0 Å². The minimum Gasteiger partial charge on any atom is -0.381 e. The lowest BCUT2D eigenvalue weighted by Gasteiger charge is -2.24. The molecular weight excluding hydrogens is 236 g/mol. The van der Waals surface area contributed by atoms with Crippen LogP contribution in [0.15, 0.2) is 0 Å². The summed E-state index contributed by atoms with van der Waals surface area (Å²) < 4.78 is 5.67. The van der Waals surface area contributed by atoms with E-state index in [1.165, 1.54) is 45.2 Å². The molecule has 1 N–H and O–H groups in total. The zero-order valence-corrected chi connectivity index (χ0v) is 12.9.